The van der Waals surface area contributed by atoms with Crippen molar-refractivity contribution in [3.8, 4) is 17.3 Å². The first-order valence-electron chi connectivity index (χ1n) is 6.37. The molecule has 5 heteroatoms. The maximum Gasteiger partial charge on any atom is 0.337 e. The average Bonchev–Trinajstić information content (AvgIpc) is 2.46. The maximum absolute atomic E-state index is 11.2. The molecule has 0 radical (unpaired) electrons. The molecule has 0 aliphatic rings. The summed E-state index contributed by atoms with van der Waals surface area (Å²) in [4.78, 5) is 17.4. The third-order valence-electron chi connectivity index (χ3n) is 3.20. The fourth-order valence-electron chi connectivity index (χ4n) is 2.18. The van der Waals surface area contributed by atoms with Crippen LogP contribution >= 0.6 is 0 Å². The van der Waals surface area contributed by atoms with Crippen LogP contribution in [0.4, 0.5) is 5.69 Å². The molecule has 21 heavy (non-hydrogen) atoms. The van der Waals surface area contributed by atoms with E-state index in [1.165, 1.54) is 6.07 Å². The van der Waals surface area contributed by atoms with Crippen molar-refractivity contribution in [2.75, 3.05) is 19.0 Å². The highest BCUT2D eigenvalue weighted by atomic mass is 16.4. The van der Waals surface area contributed by atoms with Gasteiger partial charge in [0, 0.05) is 25.3 Å². The van der Waals surface area contributed by atoms with Crippen LogP contribution in [-0.2, 0) is 0 Å². The van der Waals surface area contributed by atoms with Gasteiger partial charge < -0.3 is 10.0 Å². The zero-order valence-corrected chi connectivity index (χ0v) is 12.1. The molecule has 0 bridgehead atoms. The molecular formula is C16H15N3O2. The van der Waals surface area contributed by atoms with Crippen molar-refractivity contribution in [2.24, 2.45) is 0 Å². The van der Waals surface area contributed by atoms with Gasteiger partial charge in [-0.05, 0) is 19.1 Å². The molecule has 0 fully saturated rings. The number of hydrogen-bond donors (Lipinski definition) is 1. The van der Waals surface area contributed by atoms with Crippen LogP contribution in [0.15, 0.2) is 30.3 Å². The van der Waals surface area contributed by atoms with Crippen molar-refractivity contribution in [2.45, 2.75) is 6.92 Å². The Kier molecular flexibility index (Phi) is 3.90. The Morgan fingerprint density at radius 3 is 2.57 bits per heavy atom. The number of nitriles is 1. The summed E-state index contributed by atoms with van der Waals surface area (Å²) in [7, 11) is 3.81. The third kappa shape index (κ3) is 2.70. The largest absolute Gasteiger partial charge is 0.478 e. The van der Waals surface area contributed by atoms with Gasteiger partial charge in [-0.1, -0.05) is 18.2 Å². The summed E-state index contributed by atoms with van der Waals surface area (Å²) in [5.41, 5.74) is 2.93. The van der Waals surface area contributed by atoms with Gasteiger partial charge in [0.25, 0.3) is 0 Å². The Hall–Kier alpha value is -2.87. The minimum atomic E-state index is -1.08. The molecule has 1 aromatic carbocycles. The lowest BCUT2D eigenvalue weighted by atomic mass is 10.0. The van der Waals surface area contributed by atoms with E-state index in [1.807, 2.05) is 49.3 Å². The van der Waals surface area contributed by atoms with E-state index < -0.39 is 5.97 Å². The number of aromatic carboxylic acids is 1. The standard InChI is InChI=1S/C16H15N3O2/c1-10-13(16(20)21)8-11(9-17)15(18-10)12-6-4-5-7-14(12)19(2)3/h4-8H,1-3H3,(H,20,21). The van der Waals surface area contributed by atoms with Gasteiger partial charge in [-0.15, -0.1) is 0 Å². The number of benzene rings is 1. The highest BCUT2D eigenvalue weighted by Crippen LogP contribution is 2.31. The number of pyridine rings is 1. The number of nitrogens with zero attached hydrogens (tertiary/aromatic N) is 3. The summed E-state index contributed by atoms with van der Waals surface area (Å²) in [6.07, 6.45) is 0. The lowest BCUT2D eigenvalue weighted by Crippen LogP contribution is -2.11. The quantitative estimate of drug-likeness (QED) is 0.936. The highest BCUT2D eigenvalue weighted by molar-refractivity contribution is 5.91. The first-order valence-corrected chi connectivity index (χ1v) is 6.37. The van der Waals surface area contributed by atoms with E-state index in [0.29, 0.717) is 11.4 Å². The predicted octanol–water partition coefficient (Wildman–Crippen LogP) is 2.69. The number of carboxylic acids is 1. The summed E-state index contributed by atoms with van der Waals surface area (Å²) in [6.45, 7) is 1.63. The van der Waals surface area contributed by atoms with E-state index in [2.05, 4.69) is 4.98 Å². The molecule has 0 unspecified atom stereocenters. The predicted molar refractivity (Wildman–Crippen MR) is 80.4 cm³/mol. The fraction of sp³-hybridized carbons (Fsp3) is 0.188. The summed E-state index contributed by atoms with van der Waals surface area (Å²) in [6, 6.07) is 11.0. The lowest BCUT2D eigenvalue weighted by Gasteiger charge is -2.18. The number of aryl methyl sites for hydroxylation is 1. The number of carbonyl (C=O) groups is 1. The SMILES string of the molecule is Cc1nc(-c2ccccc2N(C)C)c(C#N)cc1C(=O)O. The van der Waals surface area contributed by atoms with E-state index in [4.69, 9.17) is 5.11 Å². The van der Waals surface area contributed by atoms with Gasteiger partial charge in [-0.3, -0.25) is 4.98 Å². The number of aromatic nitrogens is 1. The van der Waals surface area contributed by atoms with E-state index in [0.717, 1.165) is 11.3 Å². The van der Waals surface area contributed by atoms with Crippen molar-refractivity contribution >= 4 is 11.7 Å². The normalized spacial score (nSPS) is 10.0. The second-order valence-corrected chi connectivity index (χ2v) is 4.85. The highest BCUT2D eigenvalue weighted by Gasteiger charge is 2.17. The second-order valence-electron chi connectivity index (χ2n) is 4.85. The molecule has 1 heterocycles. The molecular weight excluding hydrogens is 266 g/mol. The average molecular weight is 281 g/mol. The van der Waals surface area contributed by atoms with Crippen LogP contribution in [0.25, 0.3) is 11.3 Å². The van der Waals surface area contributed by atoms with Gasteiger partial charge in [0.05, 0.1) is 22.5 Å². The summed E-state index contributed by atoms with van der Waals surface area (Å²) in [5, 5.41) is 18.4. The first-order chi connectivity index (χ1) is 9.95. The van der Waals surface area contributed by atoms with Crippen molar-refractivity contribution in [3.63, 3.8) is 0 Å². The van der Waals surface area contributed by atoms with Crippen LogP contribution in [0, 0.1) is 18.3 Å². The third-order valence-corrected chi connectivity index (χ3v) is 3.20. The van der Waals surface area contributed by atoms with Crippen molar-refractivity contribution in [3.05, 3.63) is 47.2 Å². The van der Waals surface area contributed by atoms with Gasteiger partial charge in [-0.25, -0.2) is 4.79 Å². The summed E-state index contributed by atoms with van der Waals surface area (Å²) >= 11 is 0. The molecule has 0 saturated heterocycles. The zero-order valence-electron chi connectivity index (χ0n) is 12.1. The van der Waals surface area contributed by atoms with Gasteiger partial charge in [-0.2, -0.15) is 5.26 Å². The molecule has 5 nitrogen and oxygen atoms in total. The summed E-state index contributed by atoms with van der Waals surface area (Å²) in [5.74, 6) is -1.08. The molecule has 1 N–H and O–H groups in total. The van der Waals surface area contributed by atoms with Crippen LogP contribution in [0.2, 0.25) is 0 Å². The number of para-hydroxylation sites is 1. The fourth-order valence-corrected chi connectivity index (χ4v) is 2.18. The van der Waals surface area contributed by atoms with Gasteiger partial charge >= 0.3 is 5.97 Å². The molecule has 0 aliphatic carbocycles. The van der Waals surface area contributed by atoms with E-state index in [-0.39, 0.29) is 11.1 Å². The Morgan fingerprint density at radius 2 is 2.00 bits per heavy atom. The molecule has 0 aliphatic heterocycles. The number of hydrogen-bond acceptors (Lipinski definition) is 4. The molecule has 2 rings (SSSR count). The van der Waals surface area contributed by atoms with Crippen LogP contribution in [0.5, 0.6) is 0 Å². The topological polar surface area (TPSA) is 77.2 Å². The molecule has 0 saturated carbocycles. The van der Waals surface area contributed by atoms with Crippen LogP contribution in [0.1, 0.15) is 21.6 Å². The minimum Gasteiger partial charge on any atom is -0.478 e. The molecule has 106 valence electrons. The number of carboxylic acid groups (broad SMARTS) is 1. The zero-order chi connectivity index (χ0) is 15.6. The van der Waals surface area contributed by atoms with Gasteiger partial charge in [0.2, 0.25) is 0 Å². The molecule has 1 aromatic heterocycles. The molecule has 0 atom stereocenters. The monoisotopic (exact) mass is 281 g/mol. The number of rotatable bonds is 3. The van der Waals surface area contributed by atoms with Crippen LogP contribution < -0.4 is 4.90 Å². The van der Waals surface area contributed by atoms with Crippen LogP contribution in [-0.4, -0.2) is 30.2 Å². The smallest absolute Gasteiger partial charge is 0.337 e. The minimum absolute atomic E-state index is 0.0534. The second kappa shape index (κ2) is 5.63. The van der Waals surface area contributed by atoms with E-state index in [1.54, 1.807) is 6.92 Å². The van der Waals surface area contributed by atoms with Crippen molar-refractivity contribution in [1.82, 2.24) is 4.98 Å². The Morgan fingerprint density at radius 1 is 1.33 bits per heavy atom. The Bertz CT molecular complexity index is 746. The van der Waals surface area contributed by atoms with E-state index >= 15 is 0 Å². The molecule has 0 spiro atoms. The Balaban J connectivity index is 2.74. The first kappa shape index (κ1) is 14.5. The van der Waals surface area contributed by atoms with Crippen LogP contribution in [0.3, 0.4) is 0 Å². The van der Waals surface area contributed by atoms with Gasteiger partial charge in [0.1, 0.15) is 6.07 Å². The Labute approximate surface area is 123 Å². The maximum atomic E-state index is 11.2. The van der Waals surface area contributed by atoms with E-state index in [9.17, 15) is 10.1 Å². The lowest BCUT2D eigenvalue weighted by molar-refractivity contribution is 0.0695. The molecule has 2 aromatic rings. The van der Waals surface area contributed by atoms with Gasteiger partial charge in [0.15, 0.2) is 0 Å². The van der Waals surface area contributed by atoms with Crippen molar-refractivity contribution < 1.29 is 9.90 Å². The van der Waals surface area contributed by atoms with Crippen molar-refractivity contribution in [1.29, 1.82) is 5.26 Å². The number of anilines is 1. The summed E-state index contributed by atoms with van der Waals surface area (Å²) < 4.78 is 0. The molecule has 0 amide bonds.